The lowest BCUT2D eigenvalue weighted by Gasteiger charge is -2.10. The molecule has 0 aliphatic carbocycles. The first-order chi connectivity index (χ1) is 9.58. The van der Waals surface area contributed by atoms with Crippen LogP contribution < -0.4 is 10.1 Å². The largest absolute Gasteiger partial charge is 0.493 e. The number of amides is 1. The molecule has 0 saturated heterocycles. The second-order valence-corrected chi connectivity index (χ2v) is 3.87. The first-order valence-corrected chi connectivity index (χ1v) is 6.17. The summed E-state index contributed by atoms with van der Waals surface area (Å²) in [7, 11) is 0. The molecule has 0 aliphatic rings. The van der Waals surface area contributed by atoms with Crippen LogP contribution in [0.3, 0.4) is 0 Å². The van der Waals surface area contributed by atoms with Gasteiger partial charge in [-0.15, -0.1) is 0 Å². The Morgan fingerprint density at radius 3 is 2.75 bits per heavy atom. The zero-order chi connectivity index (χ0) is 15.0. The van der Waals surface area contributed by atoms with Crippen molar-refractivity contribution in [3.05, 3.63) is 29.8 Å². The minimum absolute atomic E-state index is 0.300. The molecule has 0 saturated carbocycles. The van der Waals surface area contributed by atoms with Gasteiger partial charge in [0.2, 0.25) is 0 Å². The molecule has 1 N–H and O–H groups in total. The summed E-state index contributed by atoms with van der Waals surface area (Å²) in [5.41, 5.74) is 0.343. The van der Waals surface area contributed by atoms with E-state index in [9.17, 15) is 9.59 Å². The van der Waals surface area contributed by atoms with Crippen LogP contribution in [0.5, 0.6) is 5.75 Å². The van der Waals surface area contributed by atoms with Crippen LogP contribution in [0.25, 0.3) is 0 Å². The van der Waals surface area contributed by atoms with Gasteiger partial charge < -0.3 is 14.8 Å². The van der Waals surface area contributed by atoms with Crippen LogP contribution in [0.2, 0.25) is 0 Å². The van der Waals surface area contributed by atoms with Crippen molar-refractivity contribution < 1.29 is 19.1 Å². The number of hydrogen-bond acceptors (Lipinski definition) is 5. The third-order valence-electron chi connectivity index (χ3n) is 2.31. The van der Waals surface area contributed by atoms with E-state index in [1.807, 2.05) is 6.92 Å². The van der Waals surface area contributed by atoms with E-state index in [4.69, 9.17) is 14.7 Å². The zero-order valence-electron chi connectivity index (χ0n) is 11.4. The van der Waals surface area contributed by atoms with Crippen molar-refractivity contribution in [1.82, 2.24) is 5.32 Å². The Morgan fingerprint density at radius 2 is 2.10 bits per heavy atom. The number of ether oxygens (including phenoxy) is 2. The summed E-state index contributed by atoms with van der Waals surface area (Å²) in [4.78, 5) is 23.3. The average molecular weight is 276 g/mol. The maximum atomic E-state index is 11.9. The smallest absolute Gasteiger partial charge is 0.326 e. The van der Waals surface area contributed by atoms with E-state index in [1.165, 1.54) is 6.92 Å². The van der Waals surface area contributed by atoms with Gasteiger partial charge in [0.25, 0.3) is 5.91 Å². The van der Waals surface area contributed by atoms with Crippen LogP contribution in [-0.2, 0) is 9.53 Å². The van der Waals surface area contributed by atoms with Crippen LogP contribution in [0.1, 0.15) is 24.2 Å². The van der Waals surface area contributed by atoms with E-state index < -0.39 is 18.0 Å². The summed E-state index contributed by atoms with van der Waals surface area (Å²) in [5.74, 6) is -0.650. The lowest BCUT2D eigenvalue weighted by atomic mass is 10.2. The summed E-state index contributed by atoms with van der Waals surface area (Å²) in [6, 6.07) is 8.50. The van der Waals surface area contributed by atoms with Gasteiger partial charge >= 0.3 is 5.97 Å². The lowest BCUT2D eigenvalue weighted by Crippen LogP contribution is -2.32. The van der Waals surface area contributed by atoms with Crippen LogP contribution in [-0.4, -0.2) is 31.1 Å². The Hall–Kier alpha value is -2.55. The van der Waals surface area contributed by atoms with Crippen molar-refractivity contribution in [3.8, 4) is 11.8 Å². The van der Waals surface area contributed by atoms with Gasteiger partial charge in [-0.2, -0.15) is 5.26 Å². The monoisotopic (exact) mass is 276 g/mol. The maximum absolute atomic E-state index is 11.9. The zero-order valence-corrected chi connectivity index (χ0v) is 11.4. The number of nitrogens with one attached hydrogen (secondary N) is 1. The number of carbonyl (C=O) groups is 2. The van der Waals surface area contributed by atoms with Gasteiger partial charge in [-0.3, -0.25) is 9.59 Å². The summed E-state index contributed by atoms with van der Waals surface area (Å²) in [6.45, 7) is 3.40. The summed E-state index contributed by atoms with van der Waals surface area (Å²) in [6.07, 6.45) is -0.838. The van der Waals surface area contributed by atoms with Crippen molar-refractivity contribution >= 4 is 11.9 Å². The topological polar surface area (TPSA) is 88.4 Å². The molecule has 1 amide bonds. The molecule has 1 aromatic carbocycles. The number of nitriles is 1. The fraction of sp³-hybridized carbons (Fsp3) is 0.357. The molecule has 0 aromatic heterocycles. The Bertz CT molecular complexity index is 522. The average Bonchev–Trinajstić information content (AvgIpc) is 2.45. The number of nitrogens with zero attached hydrogens (tertiary/aromatic N) is 1. The number of esters is 1. The molecular weight excluding hydrogens is 260 g/mol. The molecule has 0 unspecified atom stereocenters. The Kier molecular flexibility index (Phi) is 6.04. The molecule has 106 valence electrons. The van der Waals surface area contributed by atoms with Crippen LogP contribution in [0.4, 0.5) is 0 Å². The van der Waals surface area contributed by atoms with Gasteiger partial charge in [-0.1, -0.05) is 12.1 Å². The summed E-state index contributed by atoms with van der Waals surface area (Å²) >= 11 is 0. The van der Waals surface area contributed by atoms with Gasteiger partial charge in [-0.25, -0.2) is 0 Å². The van der Waals surface area contributed by atoms with Gasteiger partial charge in [0, 0.05) is 0 Å². The molecule has 0 fully saturated rings. The fourth-order valence-corrected chi connectivity index (χ4v) is 1.45. The molecule has 1 rings (SSSR count). The predicted molar refractivity (Wildman–Crippen MR) is 71.1 cm³/mol. The second kappa shape index (κ2) is 7.79. The van der Waals surface area contributed by atoms with E-state index in [1.54, 1.807) is 30.3 Å². The molecule has 0 heterocycles. The molecule has 1 aromatic rings. The molecule has 6 heteroatoms. The Balaban J connectivity index is 2.59. The van der Waals surface area contributed by atoms with Crippen molar-refractivity contribution in [1.29, 1.82) is 5.26 Å². The summed E-state index contributed by atoms with van der Waals surface area (Å²) in [5, 5.41) is 10.9. The van der Waals surface area contributed by atoms with Gasteiger partial charge in [0.1, 0.15) is 18.4 Å². The molecular formula is C14H16N2O4. The third kappa shape index (κ3) is 4.61. The number of carbonyl (C=O) groups excluding carboxylic acids is 2. The normalized spacial score (nSPS) is 11.1. The van der Waals surface area contributed by atoms with Crippen LogP contribution in [0, 0.1) is 11.3 Å². The van der Waals surface area contributed by atoms with Gasteiger partial charge in [0.15, 0.2) is 6.10 Å². The van der Waals surface area contributed by atoms with E-state index in [0.717, 1.165) is 0 Å². The highest BCUT2D eigenvalue weighted by Gasteiger charge is 2.14. The Morgan fingerprint density at radius 1 is 1.40 bits per heavy atom. The molecule has 0 bridgehead atoms. The highest BCUT2D eigenvalue weighted by molar-refractivity contribution is 5.98. The Labute approximate surface area is 117 Å². The van der Waals surface area contributed by atoms with Crippen molar-refractivity contribution in [2.45, 2.75) is 20.0 Å². The molecule has 20 heavy (non-hydrogen) atoms. The lowest BCUT2D eigenvalue weighted by molar-refractivity contribution is -0.144. The van der Waals surface area contributed by atoms with E-state index >= 15 is 0 Å². The minimum Gasteiger partial charge on any atom is -0.493 e. The van der Waals surface area contributed by atoms with Crippen molar-refractivity contribution in [2.24, 2.45) is 0 Å². The molecule has 6 nitrogen and oxygen atoms in total. The SMILES string of the molecule is CCOc1ccccc1C(=O)NCC(=O)O[C@@H](C)C#N. The standard InChI is InChI=1S/C14H16N2O4/c1-3-19-12-7-5-4-6-11(12)14(18)16-9-13(17)20-10(2)8-15/h4-7,10H,3,9H2,1-2H3,(H,16,18)/t10-/m0/s1. The van der Waals surface area contributed by atoms with E-state index in [0.29, 0.717) is 17.9 Å². The highest BCUT2D eigenvalue weighted by atomic mass is 16.5. The minimum atomic E-state index is -0.838. The molecule has 1 atom stereocenters. The maximum Gasteiger partial charge on any atom is 0.326 e. The van der Waals surface area contributed by atoms with Crippen molar-refractivity contribution in [3.63, 3.8) is 0 Å². The van der Waals surface area contributed by atoms with E-state index in [2.05, 4.69) is 5.32 Å². The van der Waals surface area contributed by atoms with E-state index in [-0.39, 0.29) is 6.54 Å². The molecule has 0 spiro atoms. The number of hydrogen-bond donors (Lipinski definition) is 1. The first-order valence-electron chi connectivity index (χ1n) is 6.17. The predicted octanol–water partition coefficient (Wildman–Crippen LogP) is 1.27. The first kappa shape index (κ1) is 15.5. The number of rotatable bonds is 6. The number of benzene rings is 1. The van der Waals surface area contributed by atoms with Crippen molar-refractivity contribution in [2.75, 3.05) is 13.2 Å². The van der Waals surface area contributed by atoms with Gasteiger partial charge in [0.05, 0.1) is 12.2 Å². The molecule has 0 radical (unpaired) electrons. The molecule has 0 aliphatic heterocycles. The number of para-hydroxylation sites is 1. The quantitative estimate of drug-likeness (QED) is 0.790. The highest BCUT2D eigenvalue weighted by Crippen LogP contribution is 2.17. The summed E-state index contributed by atoms with van der Waals surface area (Å²) < 4.78 is 10.0. The second-order valence-electron chi connectivity index (χ2n) is 3.87. The van der Waals surface area contributed by atoms with Crippen LogP contribution in [0.15, 0.2) is 24.3 Å². The third-order valence-corrected chi connectivity index (χ3v) is 2.31. The fourth-order valence-electron chi connectivity index (χ4n) is 1.45. The van der Waals surface area contributed by atoms with Crippen LogP contribution >= 0.6 is 0 Å². The van der Waals surface area contributed by atoms with Gasteiger partial charge in [-0.05, 0) is 26.0 Å².